The van der Waals surface area contributed by atoms with Crippen molar-refractivity contribution in [3.63, 3.8) is 0 Å². The number of nitrogens with zero attached hydrogens (tertiary/aromatic N) is 2. The lowest BCUT2D eigenvalue weighted by Gasteiger charge is -2.40. The van der Waals surface area contributed by atoms with Crippen molar-refractivity contribution in [2.24, 2.45) is 5.41 Å². The molecule has 3 aromatic rings. The number of benzene rings is 2. The minimum atomic E-state index is -0.999. The highest BCUT2D eigenvalue weighted by Crippen LogP contribution is 2.38. The van der Waals surface area contributed by atoms with Crippen LogP contribution in [0, 0.1) is 22.9 Å². The number of carbonyl (C=O) groups is 1. The third-order valence-electron chi connectivity index (χ3n) is 7.64. The molecule has 1 fully saturated rings. The molecule has 2 aromatic carbocycles. The molecule has 1 saturated heterocycles. The highest BCUT2D eigenvalue weighted by molar-refractivity contribution is 5.84. The van der Waals surface area contributed by atoms with Gasteiger partial charge in [-0.05, 0) is 69.0 Å². The average Bonchev–Trinajstić information content (AvgIpc) is 2.94. The number of carbonyl (C=O) groups excluding carboxylic acids is 1. The van der Waals surface area contributed by atoms with Gasteiger partial charge >= 0.3 is 0 Å². The van der Waals surface area contributed by atoms with Crippen LogP contribution in [0.2, 0.25) is 0 Å². The lowest BCUT2D eigenvalue weighted by molar-refractivity contribution is -0.143. The molecule has 0 radical (unpaired) electrons. The predicted molar refractivity (Wildman–Crippen MR) is 139 cm³/mol. The first-order valence-corrected chi connectivity index (χ1v) is 12.9. The molecule has 1 aromatic heterocycles. The third kappa shape index (κ3) is 6.42. The molecule has 3 N–H and O–H groups in total. The molecule has 0 aliphatic carbocycles. The van der Waals surface area contributed by atoms with Gasteiger partial charge in [0.25, 0.3) is 0 Å². The van der Waals surface area contributed by atoms with Crippen LogP contribution in [0.3, 0.4) is 0 Å². The summed E-state index contributed by atoms with van der Waals surface area (Å²) in [6, 6.07) is 6.70. The molecular weight excluding hydrogens is 516 g/mol. The fourth-order valence-corrected chi connectivity index (χ4v) is 5.37. The largest absolute Gasteiger partial charge is 0.497 e. The van der Waals surface area contributed by atoms with Crippen LogP contribution in [0.5, 0.6) is 5.75 Å². The molecule has 1 aliphatic rings. The van der Waals surface area contributed by atoms with Crippen molar-refractivity contribution in [2.75, 3.05) is 38.6 Å². The number of nitrogens with one attached hydrogen (secondary N) is 2. The number of alkyl halides is 1. The van der Waals surface area contributed by atoms with Gasteiger partial charge in [0, 0.05) is 42.4 Å². The van der Waals surface area contributed by atoms with Crippen LogP contribution in [0.1, 0.15) is 36.8 Å². The standard InChI is InChI=1S/C28H32F4N4O3/c1-39-20-4-5-25-22(15-20)21(18(16-29)17-34-25)3-2-6-28(27(37)35-38)7-10-36(11-8-28)12-9-33-26-23(31)13-19(30)14-24(26)32/h4-5,13-15,17,33,38H,2-3,6-12,16H2,1H3,(H,35,37). The Bertz CT molecular complexity index is 1290. The van der Waals surface area contributed by atoms with Gasteiger partial charge in [-0.1, -0.05) is 0 Å². The predicted octanol–water partition coefficient (Wildman–Crippen LogP) is 5.15. The second-order valence-corrected chi connectivity index (χ2v) is 9.87. The maximum absolute atomic E-state index is 13.9. The third-order valence-corrected chi connectivity index (χ3v) is 7.64. The monoisotopic (exact) mass is 548 g/mol. The van der Waals surface area contributed by atoms with Crippen molar-refractivity contribution < 1.29 is 32.3 Å². The number of hydrogen-bond donors (Lipinski definition) is 3. The van der Waals surface area contributed by atoms with Gasteiger partial charge in [0.2, 0.25) is 5.91 Å². The van der Waals surface area contributed by atoms with Crippen molar-refractivity contribution in [3.8, 4) is 5.75 Å². The fourth-order valence-electron chi connectivity index (χ4n) is 5.37. The van der Waals surface area contributed by atoms with Crippen LogP contribution in [-0.2, 0) is 17.9 Å². The topological polar surface area (TPSA) is 86.7 Å². The normalized spacial score (nSPS) is 15.3. The Morgan fingerprint density at radius 3 is 2.51 bits per heavy atom. The first kappa shape index (κ1) is 28.6. The summed E-state index contributed by atoms with van der Waals surface area (Å²) in [5.41, 5.74) is 2.68. The van der Waals surface area contributed by atoms with Crippen molar-refractivity contribution in [1.29, 1.82) is 0 Å². The van der Waals surface area contributed by atoms with Crippen LogP contribution in [0.4, 0.5) is 23.2 Å². The lowest BCUT2D eigenvalue weighted by Crippen LogP contribution is -2.49. The Balaban J connectivity index is 1.38. The summed E-state index contributed by atoms with van der Waals surface area (Å²) >= 11 is 0. The van der Waals surface area contributed by atoms with Crippen molar-refractivity contribution in [3.05, 3.63) is 65.1 Å². The fraction of sp³-hybridized carbons (Fsp3) is 0.429. The number of likely N-dealkylation sites (tertiary alicyclic amines) is 1. The summed E-state index contributed by atoms with van der Waals surface area (Å²) in [7, 11) is 1.56. The van der Waals surface area contributed by atoms with Crippen LogP contribution in [-0.4, -0.2) is 54.3 Å². The van der Waals surface area contributed by atoms with Gasteiger partial charge in [-0.3, -0.25) is 15.0 Å². The number of amides is 1. The van der Waals surface area contributed by atoms with Crippen LogP contribution < -0.4 is 15.5 Å². The first-order valence-electron chi connectivity index (χ1n) is 12.9. The summed E-state index contributed by atoms with van der Waals surface area (Å²) in [6.45, 7) is 1.09. The molecule has 2 heterocycles. The van der Waals surface area contributed by atoms with Gasteiger partial charge in [-0.15, -0.1) is 0 Å². The van der Waals surface area contributed by atoms with Gasteiger partial charge in [0.05, 0.1) is 18.0 Å². The van der Waals surface area contributed by atoms with Crippen LogP contribution in [0.15, 0.2) is 36.5 Å². The number of fused-ring (bicyclic) bond motifs is 1. The number of aromatic nitrogens is 1. The van der Waals surface area contributed by atoms with E-state index in [2.05, 4.69) is 15.2 Å². The molecule has 39 heavy (non-hydrogen) atoms. The Kier molecular flexibility index (Phi) is 9.24. The summed E-state index contributed by atoms with van der Waals surface area (Å²) in [5.74, 6) is -2.79. The quantitative estimate of drug-likeness (QED) is 0.175. The van der Waals surface area contributed by atoms with E-state index in [9.17, 15) is 27.6 Å². The Hall–Kier alpha value is -3.44. The number of anilines is 1. The molecule has 0 saturated carbocycles. The van der Waals surface area contributed by atoms with Gasteiger partial charge in [-0.25, -0.2) is 23.0 Å². The molecule has 0 bridgehead atoms. The van der Waals surface area contributed by atoms with E-state index >= 15 is 0 Å². The van der Waals surface area contributed by atoms with Crippen molar-refractivity contribution >= 4 is 22.5 Å². The van der Waals surface area contributed by atoms with Crippen molar-refractivity contribution in [1.82, 2.24) is 15.4 Å². The van der Waals surface area contributed by atoms with E-state index in [4.69, 9.17) is 4.74 Å². The van der Waals surface area contributed by atoms with E-state index in [0.29, 0.717) is 75.2 Å². The number of aryl methyl sites for hydroxylation is 1. The molecule has 1 amide bonds. The summed E-state index contributed by atoms with van der Waals surface area (Å²) in [5, 5.41) is 12.9. The molecule has 0 spiro atoms. The van der Waals surface area contributed by atoms with Gasteiger partial charge < -0.3 is 15.0 Å². The van der Waals surface area contributed by atoms with Crippen molar-refractivity contribution in [2.45, 2.75) is 38.8 Å². The Morgan fingerprint density at radius 2 is 1.87 bits per heavy atom. The molecule has 1 aliphatic heterocycles. The molecule has 0 unspecified atom stereocenters. The summed E-state index contributed by atoms with van der Waals surface area (Å²) in [6.07, 6.45) is 4.07. The Labute approximate surface area is 224 Å². The maximum Gasteiger partial charge on any atom is 0.249 e. The average molecular weight is 549 g/mol. The maximum atomic E-state index is 13.9. The number of hydroxylamine groups is 1. The van der Waals surface area contributed by atoms with E-state index in [1.807, 2.05) is 17.6 Å². The Morgan fingerprint density at radius 1 is 1.15 bits per heavy atom. The molecular formula is C28H32F4N4O3. The highest BCUT2D eigenvalue weighted by Gasteiger charge is 2.40. The first-order chi connectivity index (χ1) is 18.8. The van der Waals surface area contributed by atoms with Gasteiger partial charge in [-0.2, -0.15) is 0 Å². The van der Waals surface area contributed by atoms with E-state index in [1.54, 1.807) is 13.2 Å². The number of halogens is 4. The zero-order valence-electron chi connectivity index (χ0n) is 21.7. The van der Waals surface area contributed by atoms with E-state index < -0.39 is 35.4 Å². The highest BCUT2D eigenvalue weighted by atomic mass is 19.1. The molecule has 11 heteroatoms. The minimum absolute atomic E-state index is 0.225. The number of pyridine rings is 1. The zero-order chi connectivity index (χ0) is 28.0. The van der Waals surface area contributed by atoms with Gasteiger partial charge in [0.15, 0.2) is 11.6 Å². The summed E-state index contributed by atoms with van der Waals surface area (Å²) < 4.78 is 60.0. The smallest absolute Gasteiger partial charge is 0.249 e. The SMILES string of the molecule is COc1ccc2ncc(CF)c(CCCC3(C(=O)NO)CCN(CCNc4c(F)cc(F)cc4F)CC3)c2c1. The lowest BCUT2D eigenvalue weighted by atomic mass is 9.73. The molecule has 7 nitrogen and oxygen atoms in total. The van der Waals surface area contributed by atoms with E-state index in [0.717, 1.165) is 16.5 Å². The molecule has 0 atom stereocenters. The number of piperidine rings is 1. The van der Waals surface area contributed by atoms with Crippen LogP contribution in [0.25, 0.3) is 10.9 Å². The molecule has 210 valence electrons. The van der Waals surface area contributed by atoms with Crippen LogP contribution >= 0.6 is 0 Å². The zero-order valence-corrected chi connectivity index (χ0v) is 21.7. The number of rotatable bonds is 11. The summed E-state index contributed by atoms with van der Waals surface area (Å²) in [4.78, 5) is 19.2. The number of methoxy groups -OCH3 is 1. The van der Waals surface area contributed by atoms with Gasteiger partial charge in [0.1, 0.15) is 23.9 Å². The minimum Gasteiger partial charge on any atom is -0.497 e. The van der Waals surface area contributed by atoms with E-state index in [1.165, 1.54) is 6.20 Å². The second-order valence-electron chi connectivity index (χ2n) is 9.87. The second kappa shape index (κ2) is 12.6. The number of ether oxygens (including phenoxy) is 1. The number of hydrogen-bond acceptors (Lipinski definition) is 6. The van der Waals surface area contributed by atoms with E-state index in [-0.39, 0.29) is 12.2 Å². The molecule has 4 rings (SSSR count).